The van der Waals surface area contributed by atoms with E-state index in [2.05, 4.69) is 28.2 Å². The van der Waals surface area contributed by atoms with E-state index in [0.29, 0.717) is 6.54 Å². The first-order chi connectivity index (χ1) is 13.0. The molecule has 27 heavy (non-hydrogen) atoms. The maximum absolute atomic E-state index is 12.8. The number of hydrogen-bond acceptors (Lipinski definition) is 4. The smallest absolute Gasteiger partial charge is 0.227 e. The number of carbonyl (C=O) groups excluding carboxylic acids is 1. The van der Waals surface area contributed by atoms with Crippen molar-refractivity contribution in [2.24, 2.45) is 5.92 Å². The van der Waals surface area contributed by atoms with Crippen LogP contribution in [0, 0.1) is 19.8 Å². The van der Waals surface area contributed by atoms with Crippen molar-refractivity contribution in [3.8, 4) is 5.75 Å². The molecule has 1 aromatic heterocycles. The Balaban J connectivity index is 1.50. The molecular formula is C21H30N4O2. The maximum Gasteiger partial charge on any atom is 0.227 e. The summed E-state index contributed by atoms with van der Waals surface area (Å²) in [6.45, 7) is 10.9. The van der Waals surface area contributed by atoms with Crippen LogP contribution in [-0.4, -0.2) is 58.8 Å². The summed E-state index contributed by atoms with van der Waals surface area (Å²) >= 11 is 0. The number of carbonyl (C=O) groups is 1. The third-order valence-corrected chi connectivity index (χ3v) is 5.20. The number of ether oxygens (including phenoxy) is 1. The van der Waals surface area contributed by atoms with Crippen LogP contribution in [0.15, 0.2) is 30.3 Å². The van der Waals surface area contributed by atoms with E-state index in [-0.39, 0.29) is 11.8 Å². The van der Waals surface area contributed by atoms with E-state index in [1.54, 1.807) is 7.11 Å². The standard InChI is InChI=1S/C21H30N4O2/c1-16(14-25-18(3)12-17(2)22-25)21(26)24-10-8-23(9-11-24)15-19-6-5-7-20(13-19)27-4/h5-7,12-13,16H,8-11,14-15H2,1-4H3. The van der Waals surface area contributed by atoms with E-state index in [1.807, 2.05) is 42.5 Å². The van der Waals surface area contributed by atoms with Gasteiger partial charge in [-0.15, -0.1) is 0 Å². The molecule has 0 radical (unpaired) electrons. The molecule has 0 saturated carbocycles. The topological polar surface area (TPSA) is 50.6 Å². The molecule has 1 fully saturated rings. The average molecular weight is 370 g/mol. The van der Waals surface area contributed by atoms with Gasteiger partial charge in [-0.25, -0.2) is 0 Å². The van der Waals surface area contributed by atoms with Crippen LogP contribution in [0.3, 0.4) is 0 Å². The molecule has 1 amide bonds. The lowest BCUT2D eigenvalue weighted by Gasteiger charge is -2.36. The van der Waals surface area contributed by atoms with Gasteiger partial charge in [-0.05, 0) is 37.6 Å². The fraction of sp³-hybridized carbons (Fsp3) is 0.524. The second-order valence-electron chi connectivity index (χ2n) is 7.46. The molecule has 146 valence electrons. The van der Waals surface area contributed by atoms with Gasteiger partial charge in [0.15, 0.2) is 0 Å². The monoisotopic (exact) mass is 370 g/mol. The highest BCUT2D eigenvalue weighted by Crippen LogP contribution is 2.16. The number of rotatable bonds is 6. The zero-order valence-electron chi connectivity index (χ0n) is 16.8. The zero-order valence-corrected chi connectivity index (χ0v) is 16.8. The van der Waals surface area contributed by atoms with Crippen LogP contribution in [0.2, 0.25) is 0 Å². The fourth-order valence-corrected chi connectivity index (χ4v) is 3.66. The van der Waals surface area contributed by atoms with Gasteiger partial charge in [0.1, 0.15) is 5.75 Å². The van der Waals surface area contributed by atoms with Crippen LogP contribution in [0.1, 0.15) is 23.9 Å². The minimum absolute atomic E-state index is 0.0621. The highest BCUT2D eigenvalue weighted by molar-refractivity contribution is 5.78. The van der Waals surface area contributed by atoms with Crippen LogP contribution in [0.4, 0.5) is 0 Å². The number of aromatic nitrogens is 2. The van der Waals surface area contributed by atoms with E-state index < -0.39 is 0 Å². The molecule has 3 rings (SSSR count). The third-order valence-electron chi connectivity index (χ3n) is 5.20. The molecular weight excluding hydrogens is 340 g/mol. The Morgan fingerprint density at radius 3 is 2.56 bits per heavy atom. The van der Waals surface area contributed by atoms with Crippen molar-refractivity contribution < 1.29 is 9.53 Å². The fourth-order valence-electron chi connectivity index (χ4n) is 3.66. The molecule has 1 unspecified atom stereocenters. The van der Waals surface area contributed by atoms with E-state index in [4.69, 9.17) is 4.74 Å². The van der Waals surface area contributed by atoms with E-state index in [0.717, 1.165) is 49.9 Å². The molecule has 1 atom stereocenters. The number of amides is 1. The Labute approximate surface area is 161 Å². The Morgan fingerprint density at radius 2 is 1.93 bits per heavy atom. The summed E-state index contributed by atoms with van der Waals surface area (Å²) < 4.78 is 7.24. The first kappa shape index (κ1) is 19.4. The number of nitrogens with zero attached hydrogens (tertiary/aromatic N) is 4. The Bertz CT molecular complexity index is 778. The summed E-state index contributed by atoms with van der Waals surface area (Å²) in [6, 6.07) is 10.2. The quantitative estimate of drug-likeness (QED) is 0.784. The van der Waals surface area contributed by atoms with Crippen LogP contribution >= 0.6 is 0 Å². The van der Waals surface area contributed by atoms with E-state index in [1.165, 1.54) is 5.56 Å². The Kier molecular flexibility index (Phi) is 6.16. The average Bonchev–Trinajstić information content (AvgIpc) is 2.98. The molecule has 0 N–H and O–H groups in total. The molecule has 0 aliphatic carbocycles. The second-order valence-corrected chi connectivity index (χ2v) is 7.46. The number of benzene rings is 1. The van der Waals surface area contributed by atoms with Crippen molar-refractivity contribution in [1.29, 1.82) is 0 Å². The zero-order chi connectivity index (χ0) is 19.4. The van der Waals surface area contributed by atoms with Crippen molar-refractivity contribution in [2.45, 2.75) is 33.9 Å². The lowest BCUT2D eigenvalue weighted by Crippen LogP contribution is -2.50. The molecule has 2 heterocycles. The van der Waals surface area contributed by atoms with Gasteiger partial charge in [0.2, 0.25) is 5.91 Å². The molecule has 0 spiro atoms. The normalized spacial score (nSPS) is 16.4. The van der Waals surface area contributed by atoms with Crippen molar-refractivity contribution >= 4 is 5.91 Å². The van der Waals surface area contributed by atoms with Gasteiger partial charge >= 0.3 is 0 Å². The molecule has 1 aliphatic rings. The number of methoxy groups -OCH3 is 1. The maximum atomic E-state index is 12.8. The van der Waals surface area contributed by atoms with Crippen molar-refractivity contribution in [3.63, 3.8) is 0 Å². The van der Waals surface area contributed by atoms with Gasteiger partial charge in [0.05, 0.1) is 25.3 Å². The number of aryl methyl sites for hydroxylation is 2. The van der Waals surface area contributed by atoms with Crippen LogP contribution in [0.5, 0.6) is 5.75 Å². The minimum atomic E-state index is -0.0621. The lowest BCUT2D eigenvalue weighted by molar-refractivity contribution is -0.137. The third kappa shape index (κ3) is 4.89. The SMILES string of the molecule is COc1cccc(CN2CCN(C(=O)C(C)Cn3nc(C)cc3C)CC2)c1. The van der Waals surface area contributed by atoms with Crippen LogP contribution < -0.4 is 4.74 Å². The summed E-state index contributed by atoms with van der Waals surface area (Å²) in [5, 5.41) is 4.48. The number of hydrogen-bond donors (Lipinski definition) is 0. The first-order valence-corrected chi connectivity index (χ1v) is 9.61. The van der Waals surface area contributed by atoms with Gasteiger partial charge in [-0.1, -0.05) is 19.1 Å². The summed E-state index contributed by atoms with van der Waals surface area (Å²) in [6.07, 6.45) is 0. The van der Waals surface area contributed by atoms with Gasteiger partial charge in [0, 0.05) is 38.4 Å². The highest BCUT2D eigenvalue weighted by atomic mass is 16.5. The van der Waals surface area contributed by atoms with E-state index in [9.17, 15) is 4.79 Å². The largest absolute Gasteiger partial charge is 0.497 e. The molecule has 1 aliphatic heterocycles. The van der Waals surface area contributed by atoms with Gasteiger partial charge < -0.3 is 9.64 Å². The van der Waals surface area contributed by atoms with Crippen LogP contribution in [0.25, 0.3) is 0 Å². The molecule has 6 heteroatoms. The highest BCUT2D eigenvalue weighted by Gasteiger charge is 2.25. The van der Waals surface area contributed by atoms with Gasteiger partial charge in [0.25, 0.3) is 0 Å². The molecule has 1 aromatic carbocycles. The van der Waals surface area contributed by atoms with Crippen molar-refractivity contribution in [1.82, 2.24) is 19.6 Å². The predicted molar refractivity (Wildman–Crippen MR) is 106 cm³/mol. The van der Waals surface area contributed by atoms with Crippen molar-refractivity contribution in [2.75, 3.05) is 33.3 Å². The van der Waals surface area contributed by atoms with Gasteiger partial charge in [-0.3, -0.25) is 14.4 Å². The summed E-state index contributed by atoms with van der Waals surface area (Å²) in [7, 11) is 1.69. The summed E-state index contributed by atoms with van der Waals surface area (Å²) in [5.74, 6) is 1.05. The van der Waals surface area contributed by atoms with Crippen LogP contribution in [-0.2, 0) is 17.9 Å². The minimum Gasteiger partial charge on any atom is -0.497 e. The Morgan fingerprint density at radius 1 is 1.19 bits per heavy atom. The molecule has 6 nitrogen and oxygen atoms in total. The lowest BCUT2D eigenvalue weighted by atomic mass is 10.1. The number of piperazine rings is 1. The summed E-state index contributed by atoms with van der Waals surface area (Å²) in [5.41, 5.74) is 3.35. The molecule has 2 aromatic rings. The molecule has 0 bridgehead atoms. The first-order valence-electron chi connectivity index (χ1n) is 9.61. The van der Waals surface area contributed by atoms with E-state index >= 15 is 0 Å². The second kappa shape index (κ2) is 8.57. The molecule has 1 saturated heterocycles. The van der Waals surface area contributed by atoms with Crippen molar-refractivity contribution in [3.05, 3.63) is 47.3 Å². The van der Waals surface area contributed by atoms with Gasteiger partial charge in [-0.2, -0.15) is 5.10 Å². The predicted octanol–water partition coefficient (Wildman–Crippen LogP) is 2.49. The summed E-state index contributed by atoms with van der Waals surface area (Å²) in [4.78, 5) is 17.2. The Hall–Kier alpha value is -2.34.